The van der Waals surface area contributed by atoms with Gasteiger partial charge in [-0.25, -0.2) is 0 Å². The molecule has 2 aliphatic rings. The summed E-state index contributed by atoms with van der Waals surface area (Å²) in [6.07, 6.45) is 4.60. The molecule has 0 bridgehead atoms. The Bertz CT molecular complexity index is 912. The summed E-state index contributed by atoms with van der Waals surface area (Å²) in [4.78, 5) is 27.8. The minimum Gasteiger partial charge on any atom is -0.486 e. The molecule has 0 saturated carbocycles. The van der Waals surface area contributed by atoms with E-state index in [0.29, 0.717) is 37.3 Å². The lowest BCUT2D eigenvalue weighted by molar-refractivity contribution is -0.132. The monoisotopic (exact) mass is 472 g/mol. The first kappa shape index (κ1) is 25.9. The van der Waals surface area contributed by atoms with E-state index in [2.05, 4.69) is 5.32 Å². The van der Waals surface area contributed by atoms with Crippen LogP contribution in [0.3, 0.4) is 0 Å². The molecule has 1 aliphatic carbocycles. The molecule has 0 aromatic heterocycles. The first-order valence-corrected chi connectivity index (χ1v) is 12.0. The normalized spacial score (nSPS) is 23.3. The van der Waals surface area contributed by atoms with Gasteiger partial charge in [0.25, 0.3) is 0 Å². The molecule has 3 N–H and O–H groups in total. The van der Waals surface area contributed by atoms with Gasteiger partial charge in [0.2, 0.25) is 11.8 Å². The van der Waals surface area contributed by atoms with Crippen molar-refractivity contribution < 1.29 is 29.3 Å². The molecule has 0 fully saturated rings. The number of nitrogens with zero attached hydrogens (tertiary/aromatic N) is 1. The van der Waals surface area contributed by atoms with Crippen LogP contribution in [-0.4, -0.2) is 77.6 Å². The van der Waals surface area contributed by atoms with Crippen LogP contribution >= 0.6 is 0 Å². The van der Waals surface area contributed by atoms with E-state index in [1.54, 1.807) is 17.1 Å². The Hall–Kier alpha value is -2.68. The predicted octanol–water partition coefficient (Wildman–Crippen LogP) is 1.92. The largest absolute Gasteiger partial charge is 0.486 e. The fourth-order valence-electron chi connectivity index (χ4n) is 4.47. The minimum atomic E-state index is -1.03. The Balaban J connectivity index is 1.96. The van der Waals surface area contributed by atoms with Gasteiger partial charge in [0, 0.05) is 30.8 Å². The number of carbonyl (C=O) groups excluding carboxylic acids is 2. The number of rotatable bonds is 11. The second-order valence-electron chi connectivity index (χ2n) is 8.80. The number of benzene rings is 1. The molecule has 3 rings (SSSR count). The third kappa shape index (κ3) is 5.87. The van der Waals surface area contributed by atoms with Gasteiger partial charge < -0.3 is 29.9 Å². The number of ether oxygens (including phenoxy) is 2. The number of allylic oxidation sites excluding steroid dienone is 1. The van der Waals surface area contributed by atoms with E-state index in [-0.39, 0.29) is 31.1 Å². The SMILES string of the molecule is CCC=CC(=O)N(CCCOC(C)C)[C@@H]1C=C(C(=O)NCCO)[C@@H]2c3ccccc3O[C@@H]2[C@H]1O. The third-order valence-corrected chi connectivity index (χ3v) is 6.01. The van der Waals surface area contributed by atoms with Crippen LogP contribution in [0.15, 0.2) is 48.1 Å². The van der Waals surface area contributed by atoms with Crippen molar-refractivity contribution in [1.82, 2.24) is 10.2 Å². The molecule has 0 spiro atoms. The maximum Gasteiger partial charge on any atom is 0.247 e. The molecule has 1 aromatic carbocycles. The average molecular weight is 473 g/mol. The van der Waals surface area contributed by atoms with Crippen molar-refractivity contribution in [3.05, 3.63) is 53.6 Å². The minimum absolute atomic E-state index is 0.0808. The van der Waals surface area contributed by atoms with Crippen LogP contribution in [-0.2, 0) is 14.3 Å². The summed E-state index contributed by atoms with van der Waals surface area (Å²) in [5.41, 5.74) is 1.25. The Morgan fingerprint density at radius 3 is 2.76 bits per heavy atom. The van der Waals surface area contributed by atoms with Crippen molar-refractivity contribution in [3.63, 3.8) is 0 Å². The lowest BCUT2D eigenvalue weighted by Crippen LogP contribution is -2.55. The Kier molecular flexibility index (Phi) is 9.27. The van der Waals surface area contributed by atoms with Crippen LogP contribution in [0.1, 0.15) is 45.1 Å². The molecule has 8 heteroatoms. The van der Waals surface area contributed by atoms with Gasteiger partial charge >= 0.3 is 0 Å². The summed E-state index contributed by atoms with van der Waals surface area (Å²) in [7, 11) is 0. The first-order chi connectivity index (χ1) is 16.4. The quantitative estimate of drug-likeness (QED) is 0.335. The highest BCUT2D eigenvalue weighted by molar-refractivity contribution is 5.96. The fourth-order valence-corrected chi connectivity index (χ4v) is 4.47. The van der Waals surface area contributed by atoms with Crippen LogP contribution in [0.2, 0.25) is 0 Å². The maximum atomic E-state index is 13.1. The lowest BCUT2D eigenvalue weighted by Gasteiger charge is -2.40. The van der Waals surface area contributed by atoms with Crippen molar-refractivity contribution in [3.8, 4) is 5.75 Å². The smallest absolute Gasteiger partial charge is 0.247 e. The molecule has 4 atom stereocenters. The number of hydrogen-bond acceptors (Lipinski definition) is 6. The highest BCUT2D eigenvalue weighted by Crippen LogP contribution is 2.47. The third-order valence-electron chi connectivity index (χ3n) is 6.01. The Morgan fingerprint density at radius 2 is 2.06 bits per heavy atom. The van der Waals surface area contributed by atoms with Crippen molar-refractivity contribution in [1.29, 1.82) is 0 Å². The Labute approximate surface area is 201 Å². The second-order valence-corrected chi connectivity index (χ2v) is 8.80. The number of para-hydroxylation sites is 1. The van der Waals surface area contributed by atoms with Crippen LogP contribution in [0, 0.1) is 0 Å². The number of hydrogen-bond donors (Lipinski definition) is 3. The molecule has 1 heterocycles. The average Bonchev–Trinajstić information content (AvgIpc) is 3.22. The van der Waals surface area contributed by atoms with Crippen molar-refractivity contribution in [2.24, 2.45) is 0 Å². The van der Waals surface area contributed by atoms with E-state index in [1.807, 2.05) is 45.0 Å². The molecule has 0 radical (unpaired) electrons. The summed E-state index contributed by atoms with van der Waals surface area (Å²) < 4.78 is 11.7. The topological polar surface area (TPSA) is 108 Å². The highest BCUT2D eigenvalue weighted by Gasteiger charge is 2.50. The van der Waals surface area contributed by atoms with Crippen molar-refractivity contribution >= 4 is 11.8 Å². The van der Waals surface area contributed by atoms with E-state index in [1.165, 1.54) is 6.08 Å². The van der Waals surface area contributed by atoms with Gasteiger partial charge in [-0.15, -0.1) is 0 Å². The molecule has 186 valence electrons. The lowest BCUT2D eigenvalue weighted by atomic mass is 9.77. The molecule has 8 nitrogen and oxygen atoms in total. The first-order valence-electron chi connectivity index (χ1n) is 12.0. The molecular weight excluding hydrogens is 436 g/mol. The van der Waals surface area contributed by atoms with Gasteiger partial charge in [-0.3, -0.25) is 9.59 Å². The summed E-state index contributed by atoms with van der Waals surface area (Å²) in [6, 6.07) is 6.66. The van der Waals surface area contributed by atoms with Gasteiger partial charge in [-0.05, 0) is 44.9 Å². The molecule has 2 amide bonds. The van der Waals surface area contributed by atoms with Gasteiger partial charge in [-0.1, -0.05) is 31.2 Å². The summed E-state index contributed by atoms with van der Waals surface area (Å²) in [5, 5.41) is 23.3. The number of aliphatic hydroxyl groups excluding tert-OH is 2. The maximum absolute atomic E-state index is 13.1. The molecule has 1 aromatic rings. The molecule has 34 heavy (non-hydrogen) atoms. The summed E-state index contributed by atoms with van der Waals surface area (Å²) in [5.74, 6) is -0.433. The van der Waals surface area contributed by atoms with Gasteiger partial charge in [0.1, 0.15) is 18.0 Å². The number of amides is 2. The van der Waals surface area contributed by atoms with Crippen molar-refractivity contribution in [2.45, 2.75) is 63.9 Å². The van der Waals surface area contributed by atoms with E-state index in [0.717, 1.165) is 5.56 Å². The number of aliphatic hydroxyl groups is 2. The zero-order valence-electron chi connectivity index (χ0n) is 20.1. The molecule has 0 unspecified atom stereocenters. The van der Waals surface area contributed by atoms with E-state index < -0.39 is 24.2 Å². The van der Waals surface area contributed by atoms with Gasteiger partial charge in [0.15, 0.2) is 0 Å². The number of carbonyl (C=O) groups is 2. The summed E-state index contributed by atoms with van der Waals surface area (Å²) in [6.45, 7) is 6.60. The zero-order valence-corrected chi connectivity index (χ0v) is 20.1. The van der Waals surface area contributed by atoms with Crippen LogP contribution in [0.4, 0.5) is 0 Å². The number of fused-ring (bicyclic) bond motifs is 3. The zero-order chi connectivity index (χ0) is 24.7. The Morgan fingerprint density at radius 1 is 1.29 bits per heavy atom. The molecular formula is C26H36N2O6. The van der Waals surface area contributed by atoms with Crippen LogP contribution < -0.4 is 10.1 Å². The molecule has 1 aliphatic heterocycles. The van der Waals surface area contributed by atoms with Crippen LogP contribution in [0.5, 0.6) is 5.75 Å². The second kappa shape index (κ2) is 12.1. The van der Waals surface area contributed by atoms with Gasteiger partial charge in [0.05, 0.1) is 24.7 Å². The van der Waals surface area contributed by atoms with E-state index in [4.69, 9.17) is 9.47 Å². The highest BCUT2D eigenvalue weighted by atomic mass is 16.5. The fraction of sp³-hybridized carbons (Fsp3) is 0.538. The van der Waals surface area contributed by atoms with Gasteiger partial charge in [-0.2, -0.15) is 0 Å². The van der Waals surface area contributed by atoms with E-state index >= 15 is 0 Å². The van der Waals surface area contributed by atoms with E-state index in [9.17, 15) is 19.8 Å². The number of nitrogens with one attached hydrogen (secondary N) is 1. The summed E-state index contributed by atoms with van der Waals surface area (Å²) >= 11 is 0. The van der Waals surface area contributed by atoms with Crippen molar-refractivity contribution in [2.75, 3.05) is 26.3 Å². The molecule has 0 saturated heterocycles. The standard InChI is InChI=1S/C26H36N2O6/c1-4-5-11-22(30)28(13-8-15-33-17(2)3)20-16-19(26(32)27-12-14-29)23-18-9-6-7-10-21(18)34-25(23)24(20)31/h5-7,9-11,16-17,20,23-25,29,31H,4,8,12-15H2,1-3H3,(H,27,32)/t20-,23+,24+,25+/m1/s1. The van der Waals surface area contributed by atoms with Crippen LogP contribution in [0.25, 0.3) is 0 Å². The predicted molar refractivity (Wildman–Crippen MR) is 128 cm³/mol.